The Balaban J connectivity index is 3.76. The third-order valence-electron chi connectivity index (χ3n) is 3.25. The van der Waals surface area contributed by atoms with Crippen molar-refractivity contribution in [3.8, 4) is 0 Å². The van der Waals surface area contributed by atoms with E-state index in [2.05, 4.69) is 10.6 Å². The fraction of sp³-hybridized carbons (Fsp3) is 0.786. The number of hydrogen-bond donors (Lipinski definition) is 4. The normalized spacial score (nSPS) is 13.6. The van der Waals surface area contributed by atoms with Crippen molar-refractivity contribution in [2.75, 3.05) is 13.1 Å². The fourth-order valence-corrected chi connectivity index (χ4v) is 1.62. The van der Waals surface area contributed by atoms with Crippen LogP contribution in [0, 0.1) is 11.8 Å². The van der Waals surface area contributed by atoms with Crippen molar-refractivity contribution in [2.24, 2.45) is 17.6 Å². The molecule has 7 nitrogen and oxygen atoms in total. The van der Waals surface area contributed by atoms with Gasteiger partial charge in [0.1, 0.15) is 0 Å². The molecule has 0 saturated carbocycles. The number of hydrogen-bond acceptors (Lipinski definition) is 4. The second-order valence-electron chi connectivity index (χ2n) is 5.66. The molecule has 7 heteroatoms. The highest BCUT2D eigenvalue weighted by atomic mass is 16.4. The Morgan fingerprint density at radius 2 is 1.71 bits per heavy atom. The van der Waals surface area contributed by atoms with E-state index in [0.717, 1.165) is 0 Å². The highest BCUT2D eigenvalue weighted by molar-refractivity contribution is 5.87. The molecule has 0 saturated heterocycles. The first-order chi connectivity index (χ1) is 9.73. The Hall–Kier alpha value is -1.63. The Morgan fingerprint density at radius 3 is 2.24 bits per heavy atom. The van der Waals surface area contributed by atoms with Crippen LogP contribution in [0.2, 0.25) is 0 Å². The molecule has 0 radical (unpaired) electrons. The van der Waals surface area contributed by atoms with Gasteiger partial charge in [-0.2, -0.15) is 0 Å². The zero-order valence-electron chi connectivity index (χ0n) is 13.0. The minimum atomic E-state index is -0.810. The summed E-state index contributed by atoms with van der Waals surface area (Å²) >= 11 is 0. The van der Waals surface area contributed by atoms with Gasteiger partial charge in [-0.3, -0.25) is 14.4 Å². The van der Waals surface area contributed by atoms with Gasteiger partial charge in [-0.25, -0.2) is 0 Å². The number of carbonyl (C=O) groups is 3. The molecule has 0 aromatic heterocycles. The lowest BCUT2D eigenvalue weighted by molar-refractivity contribution is -0.137. The summed E-state index contributed by atoms with van der Waals surface area (Å²) in [6.07, 6.45) is 1.43. The van der Waals surface area contributed by atoms with Gasteiger partial charge in [-0.05, 0) is 24.7 Å². The number of carbonyl (C=O) groups excluding carboxylic acids is 2. The minimum absolute atomic E-state index is 0.0168. The summed E-state index contributed by atoms with van der Waals surface area (Å²) in [7, 11) is 0. The number of rotatable bonds is 10. The predicted octanol–water partition coefficient (Wildman–Crippen LogP) is 0.0931. The molecule has 0 aromatic carbocycles. The van der Waals surface area contributed by atoms with Crippen LogP contribution < -0.4 is 16.4 Å². The second kappa shape index (κ2) is 10.1. The maximum atomic E-state index is 11.5. The van der Waals surface area contributed by atoms with E-state index in [1.807, 2.05) is 20.8 Å². The zero-order valence-corrected chi connectivity index (χ0v) is 13.0. The Morgan fingerprint density at radius 1 is 1.10 bits per heavy atom. The maximum Gasteiger partial charge on any atom is 0.303 e. The molecule has 0 rings (SSSR count). The third-order valence-corrected chi connectivity index (χ3v) is 3.25. The molecule has 1 unspecified atom stereocenters. The first-order valence-corrected chi connectivity index (χ1v) is 7.25. The molecule has 122 valence electrons. The Kier molecular flexibility index (Phi) is 9.36. The van der Waals surface area contributed by atoms with E-state index in [-0.39, 0.29) is 36.6 Å². The third kappa shape index (κ3) is 9.84. The number of amides is 2. The van der Waals surface area contributed by atoms with Crippen molar-refractivity contribution in [1.29, 1.82) is 0 Å². The van der Waals surface area contributed by atoms with E-state index in [1.165, 1.54) is 0 Å². The molecule has 0 aliphatic rings. The lowest BCUT2D eigenvalue weighted by Gasteiger charge is -2.15. The van der Waals surface area contributed by atoms with E-state index in [9.17, 15) is 14.4 Å². The van der Waals surface area contributed by atoms with E-state index >= 15 is 0 Å². The van der Waals surface area contributed by atoms with E-state index in [4.69, 9.17) is 10.8 Å². The summed E-state index contributed by atoms with van der Waals surface area (Å²) < 4.78 is 0. The molecule has 0 bridgehead atoms. The molecule has 0 fully saturated rings. The van der Waals surface area contributed by atoms with Gasteiger partial charge in [-0.1, -0.05) is 20.8 Å². The van der Waals surface area contributed by atoms with Gasteiger partial charge in [0.25, 0.3) is 0 Å². The molecular weight excluding hydrogens is 274 g/mol. The highest BCUT2D eigenvalue weighted by Gasteiger charge is 2.17. The molecule has 0 spiro atoms. The lowest BCUT2D eigenvalue weighted by Crippen LogP contribution is -2.47. The number of nitrogens with two attached hydrogens (primary N) is 1. The average molecular weight is 301 g/mol. The first-order valence-electron chi connectivity index (χ1n) is 7.25. The van der Waals surface area contributed by atoms with Crippen LogP contribution in [0.25, 0.3) is 0 Å². The Bertz CT molecular complexity index is 358. The predicted molar refractivity (Wildman–Crippen MR) is 79.5 cm³/mol. The second-order valence-corrected chi connectivity index (χ2v) is 5.66. The van der Waals surface area contributed by atoms with Crippen molar-refractivity contribution in [3.05, 3.63) is 0 Å². The number of carboxylic acid groups (broad SMARTS) is 1. The van der Waals surface area contributed by atoms with E-state index in [0.29, 0.717) is 19.4 Å². The topological polar surface area (TPSA) is 122 Å². The van der Waals surface area contributed by atoms with Crippen molar-refractivity contribution >= 4 is 17.8 Å². The molecule has 21 heavy (non-hydrogen) atoms. The van der Waals surface area contributed by atoms with Crippen LogP contribution in [0.5, 0.6) is 0 Å². The number of carboxylic acids is 1. The fourth-order valence-electron chi connectivity index (χ4n) is 1.62. The summed E-state index contributed by atoms with van der Waals surface area (Å²) in [5, 5.41) is 13.7. The monoisotopic (exact) mass is 301 g/mol. The van der Waals surface area contributed by atoms with Crippen molar-refractivity contribution in [1.82, 2.24) is 10.6 Å². The Labute approximate surface area is 125 Å². The van der Waals surface area contributed by atoms with Crippen LogP contribution in [0.4, 0.5) is 0 Å². The standard InChI is InChI=1S/C14H27N3O4/c1-9(2)13(15)14(21)17-8-11(18)16-7-6-10(3)4-5-12(19)20/h9-10,13H,4-8,15H2,1-3H3,(H,16,18)(H,17,21)(H,19,20)/t10?,13-/m0/s1. The van der Waals surface area contributed by atoms with Gasteiger partial charge < -0.3 is 21.5 Å². The van der Waals surface area contributed by atoms with Crippen LogP contribution in [-0.4, -0.2) is 42.0 Å². The van der Waals surface area contributed by atoms with Crippen molar-refractivity contribution in [3.63, 3.8) is 0 Å². The summed E-state index contributed by atoms with van der Waals surface area (Å²) in [5.74, 6) is -1.18. The van der Waals surface area contributed by atoms with Crippen LogP contribution >= 0.6 is 0 Å². The van der Waals surface area contributed by atoms with Gasteiger partial charge >= 0.3 is 5.97 Å². The van der Waals surface area contributed by atoms with Crippen LogP contribution in [-0.2, 0) is 14.4 Å². The van der Waals surface area contributed by atoms with Gasteiger partial charge in [0.2, 0.25) is 11.8 Å². The van der Waals surface area contributed by atoms with Gasteiger partial charge in [0.05, 0.1) is 12.6 Å². The molecule has 2 amide bonds. The van der Waals surface area contributed by atoms with E-state index in [1.54, 1.807) is 0 Å². The minimum Gasteiger partial charge on any atom is -0.481 e. The summed E-state index contributed by atoms with van der Waals surface area (Å²) in [4.78, 5) is 33.5. The molecule has 0 heterocycles. The van der Waals surface area contributed by atoms with Crippen LogP contribution in [0.15, 0.2) is 0 Å². The summed E-state index contributed by atoms with van der Waals surface area (Å²) in [5.41, 5.74) is 5.65. The van der Waals surface area contributed by atoms with Crippen LogP contribution in [0.1, 0.15) is 40.0 Å². The van der Waals surface area contributed by atoms with Gasteiger partial charge in [0.15, 0.2) is 0 Å². The summed E-state index contributed by atoms with van der Waals surface area (Å²) in [6, 6.07) is -0.617. The molecule has 0 aliphatic heterocycles. The molecule has 5 N–H and O–H groups in total. The first kappa shape index (κ1) is 19.4. The quantitative estimate of drug-likeness (QED) is 0.456. The smallest absolute Gasteiger partial charge is 0.303 e. The number of nitrogens with one attached hydrogen (secondary N) is 2. The SMILES string of the molecule is CC(CCNC(=O)CNC(=O)[C@@H](N)C(C)C)CCC(=O)O. The van der Waals surface area contributed by atoms with Gasteiger partial charge in [-0.15, -0.1) is 0 Å². The van der Waals surface area contributed by atoms with Crippen molar-refractivity contribution < 1.29 is 19.5 Å². The zero-order chi connectivity index (χ0) is 16.4. The highest BCUT2D eigenvalue weighted by Crippen LogP contribution is 2.08. The van der Waals surface area contributed by atoms with Crippen LogP contribution in [0.3, 0.4) is 0 Å². The summed E-state index contributed by atoms with van der Waals surface area (Å²) in [6.45, 7) is 5.98. The molecule has 0 aliphatic carbocycles. The molecule has 2 atom stereocenters. The maximum absolute atomic E-state index is 11.5. The van der Waals surface area contributed by atoms with Gasteiger partial charge in [0, 0.05) is 13.0 Å². The number of aliphatic carboxylic acids is 1. The lowest BCUT2D eigenvalue weighted by atomic mass is 10.0. The van der Waals surface area contributed by atoms with Crippen molar-refractivity contribution in [2.45, 2.75) is 46.1 Å². The van der Waals surface area contributed by atoms with E-state index < -0.39 is 12.0 Å². The average Bonchev–Trinajstić information content (AvgIpc) is 2.41. The largest absolute Gasteiger partial charge is 0.481 e. The molecular formula is C14H27N3O4. The molecule has 0 aromatic rings.